The Morgan fingerprint density at radius 2 is 1.96 bits per heavy atom. The van der Waals surface area contributed by atoms with Crippen LogP contribution in [0.15, 0.2) is 36.7 Å². The number of nitrogens with zero attached hydrogens (tertiary/aromatic N) is 3. The molecule has 1 aromatic carbocycles. The summed E-state index contributed by atoms with van der Waals surface area (Å²) in [5.74, 6) is 0.645. The molecule has 6 heteroatoms. The molecule has 1 N–H and O–H groups in total. The van der Waals surface area contributed by atoms with Crippen molar-refractivity contribution >= 4 is 6.03 Å². The van der Waals surface area contributed by atoms with E-state index in [0.717, 1.165) is 16.8 Å². The van der Waals surface area contributed by atoms with Crippen LogP contribution in [-0.2, 0) is 19.4 Å². The van der Waals surface area contributed by atoms with Crippen LogP contribution in [0, 0.1) is 0 Å². The van der Waals surface area contributed by atoms with E-state index in [2.05, 4.69) is 15.3 Å². The van der Waals surface area contributed by atoms with Gasteiger partial charge in [0.1, 0.15) is 6.33 Å². The van der Waals surface area contributed by atoms with Gasteiger partial charge in [0.15, 0.2) is 0 Å². The topological polar surface area (TPSA) is 67.4 Å². The molecule has 0 atom stereocenters. The third-order valence-electron chi connectivity index (χ3n) is 4.17. The number of fused-ring (bicyclic) bond motifs is 1. The predicted octanol–water partition coefficient (Wildman–Crippen LogP) is 2.57. The van der Waals surface area contributed by atoms with Gasteiger partial charge in [-0.05, 0) is 25.8 Å². The first-order chi connectivity index (χ1) is 12.1. The molecule has 6 nitrogen and oxygen atoms in total. The molecule has 2 amide bonds. The minimum Gasteiger partial charge on any atom is -0.475 e. The summed E-state index contributed by atoms with van der Waals surface area (Å²) < 4.78 is 5.80. The Kier molecular flexibility index (Phi) is 5.48. The highest BCUT2D eigenvalue weighted by atomic mass is 16.5. The van der Waals surface area contributed by atoms with Crippen LogP contribution in [-0.4, -0.2) is 40.1 Å². The molecule has 3 rings (SSSR count). The Morgan fingerprint density at radius 3 is 2.72 bits per heavy atom. The molecule has 1 aliphatic rings. The number of amides is 2. The number of rotatable bonds is 4. The Balaban J connectivity index is 1.62. The number of hydrogen-bond donors (Lipinski definition) is 1. The highest BCUT2D eigenvalue weighted by molar-refractivity contribution is 5.74. The lowest BCUT2D eigenvalue weighted by Gasteiger charge is -2.20. The fraction of sp³-hybridized carbons (Fsp3) is 0.421. The van der Waals surface area contributed by atoms with E-state index in [4.69, 9.17) is 4.74 Å². The number of ether oxygens (including phenoxy) is 1. The minimum atomic E-state index is -0.0454. The van der Waals surface area contributed by atoms with E-state index in [1.807, 2.05) is 49.1 Å². The summed E-state index contributed by atoms with van der Waals surface area (Å²) in [6, 6.07) is 9.87. The molecule has 0 aliphatic carbocycles. The molecule has 1 aromatic heterocycles. The highest BCUT2D eigenvalue weighted by Gasteiger charge is 2.22. The van der Waals surface area contributed by atoms with E-state index in [1.165, 1.54) is 0 Å². The fourth-order valence-corrected chi connectivity index (χ4v) is 2.91. The second-order valence-electron chi connectivity index (χ2n) is 6.40. The lowest BCUT2D eigenvalue weighted by atomic mass is 10.1. The molecule has 25 heavy (non-hydrogen) atoms. The van der Waals surface area contributed by atoms with Gasteiger partial charge in [0.2, 0.25) is 5.88 Å². The van der Waals surface area contributed by atoms with Crippen LogP contribution < -0.4 is 10.1 Å². The van der Waals surface area contributed by atoms with Crippen molar-refractivity contribution in [1.82, 2.24) is 20.2 Å². The molecule has 0 unspecified atom stereocenters. The first kappa shape index (κ1) is 17.2. The SMILES string of the molecule is CC(C)Oc1ncnc2c1CCN(C(=O)NCc1ccccc1)CC2. The van der Waals surface area contributed by atoms with E-state index in [9.17, 15) is 4.79 Å². The number of benzene rings is 1. The van der Waals surface area contributed by atoms with Gasteiger partial charge >= 0.3 is 6.03 Å². The van der Waals surface area contributed by atoms with Gasteiger partial charge in [-0.15, -0.1) is 0 Å². The third kappa shape index (κ3) is 4.47. The summed E-state index contributed by atoms with van der Waals surface area (Å²) in [6.07, 6.45) is 3.02. The van der Waals surface area contributed by atoms with E-state index < -0.39 is 0 Å². The summed E-state index contributed by atoms with van der Waals surface area (Å²) >= 11 is 0. The van der Waals surface area contributed by atoms with Crippen LogP contribution in [0.2, 0.25) is 0 Å². The number of aromatic nitrogens is 2. The zero-order valence-electron chi connectivity index (χ0n) is 14.7. The summed E-state index contributed by atoms with van der Waals surface area (Å²) in [5, 5.41) is 2.99. The molecule has 0 radical (unpaired) electrons. The zero-order chi connectivity index (χ0) is 17.6. The zero-order valence-corrected chi connectivity index (χ0v) is 14.7. The van der Waals surface area contributed by atoms with E-state index in [-0.39, 0.29) is 12.1 Å². The van der Waals surface area contributed by atoms with Crippen molar-refractivity contribution in [3.63, 3.8) is 0 Å². The van der Waals surface area contributed by atoms with Crippen LogP contribution in [0.1, 0.15) is 30.7 Å². The van der Waals surface area contributed by atoms with Crippen molar-refractivity contribution in [1.29, 1.82) is 0 Å². The van der Waals surface area contributed by atoms with Gasteiger partial charge in [-0.3, -0.25) is 0 Å². The van der Waals surface area contributed by atoms with Gasteiger partial charge in [0.05, 0.1) is 11.8 Å². The normalized spacial score (nSPS) is 14.0. The van der Waals surface area contributed by atoms with Gasteiger partial charge in [-0.1, -0.05) is 30.3 Å². The monoisotopic (exact) mass is 340 g/mol. The Morgan fingerprint density at radius 1 is 1.20 bits per heavy atom. The van der Waals surface area contributed by atoms with Crippen molar-refractivity contribution in [2.75, 3.05) is 13.1 Å². The lowest BCUT2D eigenvalue weighted by molar-refractivity contribution is 0.199. The molecule has 132 valence electrons. The molecular formula is C19H24N4O2. The van der Waals surface area contributed by atoms with Crippen LogP contribution in [0.3, 0.4) is 0 Å². The van der Waals surface area contributed by atoms with Crippen LogP contribution in [0.25, 0.3) is 0 Å². The maximum atomic E-state index is 12.5. The predicted molar refractivity (Wildman–Crippen MR) is 95.5 cm³/mol. The van der Waals surface area contributed by atoms with Crippen molar-refractivity contribution < 1.29 is 9.53 Å². The van der Waals surface area contributed by atoms with Crippen molar-refractivity contribution in [2.24, 2.45) is 0 Å². The molecular weight excluding hydrogens is 316 g/mol. The van der Waals surface area contributed by atoms with Gasteiger partial charge < -0.3 is 15.0 Å². The maximum Gasteiger partial charge on any atom is 0.317 e. The van der Waals surface area contributed by atoms with E-state index in [1.54, 1.807) is 6.33 Å². The molecule has 2 aromatic rings. The van der Waals surface area contributed by atoms with Crippen molar-refractivity contribution in [3.8, 4) is 5.88 Å². The molecule has 0 fully saturated rings. The first-order valence-corrected chi connectivity index (χ1v) is 8.69. The van der Waals surface area contributed by atoms with Gasteiger partial charge in [0.25, 0.3) is 0 Å². The second kappa shape index (κ2) is 7.96. The Labute approximate surface area is 148 Å². The van der Waals surface area contributed by atoms with Crippen LogP contribution in [0.4, 0.5) is 4.79 Å². The van der Waals surface area contributed by atoms with Crippen LogP contribution >= 0.6 is 0 Å². The molecule has 0 saturated carbocycles. The standard InChI is InChI=1S/C19H24N4O2/c1-14(2)25-18-16-8-10-23(11-9-17(16)21-13-22-18)19(24)20-12-15-6-4-3-5-7-15/h3-7,13-14H,8-12H2,1-2H3,(H,20,24). The minimum absolute atomic E-state index is 0.0454. The molecule has 1 aliphatic heterocycles. The van der Waals surface area contributed by atoms with Crippen LogP contribution in [0.5, 0.6) is 5.88 Å². The largest absolute Gasteiger partial charge is 0.475 e. The van der Waals surface area contributed by atoms with Gasteiger partial charge in [-0.2, -0.15) is 0 Å². The Bertz CT molecular complexity index is 719. The van der Waals surface area contributed by atoms with E-state index in [0.29, 0.717) is 38.4 Å². The summed E-state index contributed by atoms with van der Waals surface area (Å²) in [6.45, 7) is 5.77. The summed E-state index contributed by atoms with van der Waals surface area (Å²) in [4.78, 5) is 23.0. The van der Waals surface area contributed by atoms with Gasteiger partial charge in [0, 0.05) is 31.6 Å². The van der Waals surface area contributed by atoms with Crippen molar-refractivity contribution in [3.05, 3.63) is 53.5 Å². The molecule has 0 bridgehead atoms. The number of hydrogen-bond acceptors (Lipinski definition) is 4. The summed E-state index contributed by atoms with van der Waals surface area (Å²) in [5.41, 5.74) is 3.09. The third-order valence-corrected chi connectivity index (χ3v) is 4.17. The molecule has 0 spiro atoms. The second-order valence-corrected chi connectivity index (χ2v) is 6.40. The quantitative estimate of drug-likeness (QED) is 0.929. The van der Waals surface area contributed by atoms with E-state index >= 15 is 0 Å². The molecule has 0 saturated heterocycles. The van der Waals surface area contributed by atoms with Crippen molar-refractivity contribution in [2.45, 2.75) is 39.3 Å². The molecule has 2 heterocycles. The lowest BCUT2D eigenvalue weighted by Crippen LogP contribution is -2.41. The smallest absolute Gasteiger partial charge is 0.317 e. The first-order valence-electron chi connectivity index (χ1n) is 8.69. The number of carbonyl (C=O) groups excluding carboxylic acids is 1. The Hall–Kier alpha value is -2.63. The van der Waals surface area contributed by atoms with Gasteiger partial charge in [-0.25, -0.2) is 14.8 Å². The highest BCUT2D eigenvalue weighted by Crippen LogP contribution is 2.23. The maximum absolute atomic E-state index is 12.5. The fourth-order valence-electron chi connectivity index (χ4n) is 2.91. The average Bonchev–Trinajstić information content (AvgIpc) is 2.84. The number of urea groups is 1. The number of carbonyl (C=O) groups is 1. The number of nitrogens with one attached hydrogen (secondary N) is 1. The summed E-state index contributed by atoms with van der Waals surface area (Å²) in [7, 11) is 0. The average molecular weight is 340 g/mol.